The van der Waals surface area contributed by atoms with Crippen LogP contribution in [-0.4, -0.2) is 19.0 Å². The van der Waals surface area contributed by atoms with Crippen molar-refractivity contribution in [1.29, 1.82) is 0 Å². The third kappa shape index (κ3) is 2.17. The Bertz CT molecular complexity index is 252. The monoisotopic (exact) mass is 210 g/mol. The van der Waals surface area contributed by atoms with Crippen molar-refractivity contribution in [2.45, 2.75) is 45.4 Å². The summed E-state index contributed by atoms with van der Waals surface area (Å²) < 4.78 is 0. The van der Waals surface area contributed by atoms with Crippen molar-refractivity contribution in [3.05, 3.63) is 0 Å². The number of hydrogen-bond donors (Lipinski definition) is 2. The molecule has 2 aliphatic rings. The van der Waals surface area contributed by atoms with Gasteiger partial charge >= 0.3 is 0 Å². The van der Waals surface area contributed by atoms with Gasteiger partial charge in [0, 0.05) is 12.0 Å². The van der Waals surface area contributed by atoms with Gasteiger partial charge in [0.15, 0.2) is 0 Å². The second-order valence-corrected chi connectivity index (χ2v) is 5.65. The fraction of sp³-hybridized carbons (Fsp3) is 0.917. The summed E-state index contributed by atoms with van der Waals surface area (Å²) in [7, 11) is 0. The summed E-state index contributed by atoms with van der Waals surface area (Å²) in [5, 5.41) is 3.10. The van der Waals surface area contributed by atoms with Gasteiger partial charge in [0.05, 0.1) is 0 Å². The molecule has 3 heteroatoms. The molecule has 0 saturated heterocycles. The third-order valence-electron chi connectivity index (χ3n) is 4.27. The molecule has 0 radical (unpaired) electrons. The fourth-order valence-corrected chi connectivity index (χ4v) is 2.49. The van der Waals surface area contributed by atoms with Gasteiger partial charge in [-0.3, -0.25) is 4.79 Å². The molecule has 2 rings (SSSR count). The van der Waals surface area contributed by atoms with Gasteiger partial charge in [-0.2, -0.15) is 0 Å². The van der Waals surface area contributed by atoms with E-state index in [0.29, 0.717) is 6.54 Å². The van der Waals surface area contributed by atoms with Crippen LogP contribution >= 0.6 is 0 Å². The van der Waals surface area contributed by atoms with Crippen LogP contribution in [0.5, 0.6) is 0 Å². The van der Waals surface area contributed by atoms with Gasteiger partial charge in [-0.25, -0.2) is 0 Å². The molecule has 3 N–H and O–H groups in total. The summed E-state index contributed by atoms with van der Waals surface area (Å²) in [5.74, 6) is 0.250. The fourth-order valence-electron chi connectivity index (χ4n) is 2.49. The minimum atomic E-state index is -0.0926. The van der Waals surface area contributed by atoms with Crippen molar-refractivity contribution >= 4 is 5.91 Å². The molecule has 1 amide bonds. The molecular formula is C12H22N2O. The number of hydrogen-bond acceptors (Lipinski definition) is 2. The molecule has 2 saturated carbocycles. The molecule has 15 heavy (non-hydrogen) atoms. The minimum Gasteiger partial charge on any atom is -0.355 e. The molecule has 2 fully saturated rings. The molecule has 3 nitrogen and oxygen atoms in total. The lowest BCUT2D eigenvalue weighted by molar-refractivity contribution is -0.130. The Hall–Kier alpha value is -0.570. The van der Waals surface area contributed by atoms with E-state index in [4.69, 9.17) is 5.73 Å². The Morgan fingerprint density at radius 2 is 1.87 bits per heavy atom. The van der Waals surface area contributed by atoms with Gasteiger partial charge in [-0.15, -0.1) is 0 Å². The quantitative estimate of drug-likeness (QED) is 0.737. The molecule has 0 atom stereocenters. The number of carbonyl (C=O) groups excluding carboxylic acids is 1. The highest BCUT2D eigenvalue weighted by Crippen LogP contribution is 2.44. The first kappa shape index (κ1) is 10.9. The van der Waals surface area contributed by atoms with Crippen LogP contribution in [0.4, 0.5) is 0 Å². The molecule has 2 aliphatic carbocycles. The zero-order chi connectivity index (χ0) is 10.9. The van der Waals surface area contributed by atoms with Gasteiger partial charge in [-0.05, 0) is 37.6 Å². The Kier molecular flexibility index (Phi) is 2.75. The largest absolute Gasteiger partial charge is 0.355 e. The van der Waals surface area contributed by atoms with E-state index < -0.39 is 0 Å². The summed E-state index contributed by atoms with van der Waals surface area (Å²) in [6.45, 7) is 3.60. The van der Waals surface area contributed by atoms with Gasteiger partial charge in [0.2, 0.25) is 5.91 Å². The van der Waals surface area contributed by atoms with E-state index in [0.717, 1.165) is 19.4 Å². The van der Waals surface area contributed by atoms with E-state index in [1.807, 2.05) is 0 Å². The highest BCUT2D eigenvalue weighted by atomic mass is 16.2. The van der Waals surface area contributed by atoms with E-state index >= 15 is 0 Å². The summed E-state index contributed by atoms with van der Waals surface area (Å²) >= 11 is 0. The average Bonchev–Trinajstić information content (AvgIpc) is 2.90. The van der Waals surface area contributed by atoms with Crippen LogP contribution in [0.1, 0.15) is 45.4 Å². The van der Waals surface area contributed by atoms with Crippen LogP contribution in [-0.2, 0) is 4.79 Å². The van der Waals surface area contributed by atoms with Crippen LogP contribution in [0.25, 0.3) is 0 Å². The SMILES string of the molecule is CC1(C(=O)NCC2(CN)CC2)CCCC1. The van der Waals surface area contributed by atoms with E-state index in [9.17, 15) is 4.79 Å². The van der Waals surface area contributed by atoms with Crippen LogP contribution in [0, 0.1) is 10.8 Å². The molecule has 0 heterocycles. The number of amides is 1. The topological polar surface area (TPSA) is 55.1 Å². The van der Waals surface area contributed by atoms with Gasteiger partial charge in [0.25, 0.3) is 0 Å². The molecule has 0 spiro atoms. The van der Waals surface area contributed by atoms with E-state index in [1.54, 1.807) is 0 Å². The maximum atomic E-state index is 12.0. The Labute approximate surface area is 91.8 Å². The maximum absolute atomic E-state index is 12.0. The van der Waals surface area contributed by atoms with E-state index in [-0.39, 0.29) is 16.7 Å². The van der Waals surface area contributed by atoms with Gasteiger partial charge < -0.3 is 11.1 Å². The van der Waals surface area contributed by atoms with Crippen LogP contribution in [0.3, 0.4) is 0 Å². The number of nitrogens with one attached hydrogen (secondary N) is 1. The van der Waals surface area contributed by atoms with Gasteiger partial charge in [0.1, 0.15) is 0 Å². The highest BCUT2D eigenvalue weighted by molar-refractivity contribution is 5.82. The third-order valence-corrected chi connectivity index (χ3v) is 4.27. The van der Waals surface area contributed by atoms with E-state index in [2.05, 4.69) is 12.2 Å². The van der Waals surface area contributed by atoms with E-state index in [1.165, 1.54) is 25.7 Å². The number of carbonyl (C=O) groups is 1. The Balaban J connectivity index is 1.82. The number of nitrogens with two attached hydrogens (primary N) is 1. The smallest absolute Gasteiger partial charge is 0.225 e. The molecule has 0 aromatic rings. The van der Waals surface area contributed by atoms with Crippen molar-refractivity contribution in [2.24, 2.45) is 16.6 Å². The van der Waals surface area contributed by atoms with Crippen molar-refractivity contribution in [3.63, 3.8) is 0 Å². The lowest BCUT2D eigenvalue weighted by Gasteiger charge is -2.24. The van der Waals surface area contributed by atoms with Gasteiger partial charge in [-0.1, -0.05) is 19.8 Å². The molecule has 0 aromatic carbocycles. The molecule has 0 bridgehead atoms. The average molecular weight is 210 g/mol. The lowest BCUT2D eigenvalue weighted by Crippen LogP contribution is -2.41. The standard InChI is InChI=1S/C12H22N2O/c1-11(4-2-3-5-11)10(15)14-9-12(8-13)6-7-12/h2-9,13H2,1H3,(H,14,15). The first-order valence-corrected chi connectivity index (χ1v) is 6.09. The second-order valence-electron chi connectivity index (χ2n) is 5.65. The molecule has 0 aliphatic heterocycles. The number of rotatable bonds is 4. The van der Waals surface area contributed by atoms with Crippen LogP contribution in [0.15, 0.2) is 0 Å². The minimum absolute atomic E-state index is 0.0926. The first-order valence-electron chi connectivity index (χ1n) is 6.09. The van der Waals surface area contributed by atoms with Crippen molar-refractivity contribution in [2.75, 3.05) is 13.1 Å². The first-order chi connectivity index (χ1) is 7.10. The van der Waals surface area contributed by atoms with Crippen LogP contribution < -0.4 is 11.1 Å². The zero-order valence-corrected chi connectivity index (χ0v) is 9.64. The van der Waals surface area contributed by atoms with Crippen molar-refractivity contribution in [3.8, 4) is 0 Å². The van der Waals surface area contributed by atoms with Crippen LogP contribution in [0.2, 0.25) is 0 Å². The molecule has 0 aromatic heterocycles. The normalized spacial score (nSPS) is 26.3. The Morgan fingerprint density at radius 3 is 2.33 bits per heavy atom. The zero-order valence-electron chi connectivity index (χ0n) is 9.64. The predicted octanol–water partition coefficient (Wildman–Crippen LogP) is 1.42. The molecule has 86 valence electrons. The summed E-state index contributed by atoms with van der Waals surface area (Å²) in [4.78, 5) is 12.0. The molecular weight excluding hydrogens is 188 g/mol. The summed E-state index contributed by atoms with van der Waals surface area (Å²) in [5.41, 5.74) is 5.85. The second kappa shape index (κ2) is 3.78. The maximum Gasteiger partial charge on any atom is 0.225 e. The summed E-state index contributed by atoms with van der Waals surface area (Å²) in [6, 6.07) is 0. The van der Waals surface area contributed by atoms with Crippen molar-refractivity contribution in [1.82, 2.24) is 5.32 Å². The lowest BCUT2D eigenvalue weighted by atomic mass is 9.87. The Morgan fingerprint density at radius 1 is 1.27 bits per heavy atom. The summed E-state index contributed by atoms with van der Waals surface area (Å²) in [6.07, 6.45) is 6.86. The predicted molar refractivity (Wildman–Crippen MR) is 60.3 cm³/mol. The highest BCUT2D eigenvalue weighted by Gasteiger charge is 2.43. The van der Waals surface area contributed by atoms with Crippen molar-refractivity contribution < 1.29 is 4.79 Å². The molecule has 0 unspecified atom stereocenters.